The fourth-order valence-corrected chi connectivity index (χ4v) is 7.52. The Hall–Kier alpha value is -2.15. The van der Waals surface area contributed by atoms with E-state index in [0.29, 0.717) is 32.1 Å². The number of carbonyl (C=O) groups excluding carboxylic acids is 3. The molecule has 0 aromatic carbocycles. The van der Waals surface area contributed by atoms with Crippen LogP contribution in [0.25, 0.3) is 0 Å². The molecule has 1 saturated heterocycles. The van der Waals surface area contributed by atoms with E-state index in [0.717, 1.165) is 12.0 Å². The Balaban J connectivity index is 1.85. The van der Waals surface area contributed by atoms with Crippen molar-refractivity contribution in [1.29, 1.82) is 0 Å². The monoisotopic (exact) mass is 460 g/mol. The largest absolute Gasteiger partial charge is 0.472 e. The predicted octanol–water partition coefficient (Wildman–Crippen LogP) is 4.50. The number of rotatable bonds is 6. The lowest BCUT2D eigenvalue weighted by molar-refractivity contribution is -0.212. The van der Waals surface area contributed by atoms with Gasteiger partial charge in [-0.05, 0) is 49.0 Å². The number of hydrogen-bond donors (Lipinski definition) is 0. The number of furan rings is 1. The molecule has 1 aromatic rings. The van der Waals surface area contributed by atoms with Gasteiger partial charge in [-0.1, -0.05) is 27.2 Å². The zero-order chi connectivity index (χ0) is 24.0. The summed E-state index contributed by atoms with van der Waals surface area (Å²) >= 11 is 0. The summed E-state index contributed by atoms with van der Waals surface area (Å²) in [4.78, 5) is 40.8. The van der Waals surface area contributed by atoms with Crippen LogP contribution in [0.4, 0.5) is 0 Å². The Morgan fingerprint density at radius 1 is 1.18 bits per heavy atom. The molecule has 0 N–H and O–H groups in total. The second-order valence-electron chi connectivity index (χ2n) is 10.8. The lowest BCUT2D eigenvalue weighted by atomic mass is 9.40. The zero-order valence-electron chi connectivity index (χ0n) is 20.3. The van der Waals surface area contributed by atoms with Gasteiger partial charge in [-0.25, -0.2) is 0 Å². The lowest BCUT2D eigenvalue weighted by Crippen LogP contribution is -2.66. The van der Waals surface area contributed by atoms with Crippen molar-refractivity contribution in [3.8, 4) is 0 Å². The summed E-state index contributed by atoms with van der Waals surface area (Å²) in [6, 6.07) is 1.80. The Morgan fingerprint density at radius 3 is 2.55 bits per heavy atom. The first-order valence-corrected chi connectivity index (χ1v) is 12.0. The van der Waals surface area contributed by atoms with Crippen LogP contribution in [0, 0.1) is 34.0 Å². The first-order valence-electron chi connectivity index (χ1n) is 12.0. The Labute approximate surface area is 195 Å². The standard InChI is InChI=1S/C26H36O7/c1-6-9-26(15-30-4)12-18(22(28)31-5)24(2)10-7-17-23(29)33-19(16-8-11-32-14-16)13-25(17,3)20(24)21(26)27/h8,11,14,17-20H,6-7,9-10,12-13,15H2,1-5H3/t17-,18+,19+,20+,24+,25+,26-/m1/s1. The molecule has 7 atom stereocenters. The average Bonchev–Trinajstić information content (AvgIpc) is 3.30. The van der Waals surface area contributed by atoms with Gasteiger partial charge in [-0.3, -0.25) is 14.4 Å². The van der Waals surface area contributed by atoms with Gasteiger partial charge in [0.1, 0.15) is 11.9 Å². The number of hydrogen-bond acceptors (Lipinski definition) is 7. The number of cyclic esters (lactones) is 1. The van der Waals surface area contributed by atoms with E-state index in [2.05, 4.69) is 0 Å². The molecule has 4 rings (SSSR count). The summed E-state index contributed by atoms with van der Waals surface area (Å²) < 4.78 is 21.9. The van der Waals surface area contributed by atoms with E-state index < -0.39 is 34.2 Å². The third kappa shape index (κ3) is 3.54. The quantitative estimate of drug-likeness (QED) is 0.577. The molecule has 0 bridgehead atoms. The van der Waals surface area contributed by atoms with Crippen LogP contribution < -0.4 is 0 Å². The number of ether oxygens (including phenoxy) is 3. The maximum atomic E-state index is 14.5. The fourth-order valence-electron chi connectivity index (χ4n) is 7.52. The van der Waals surface area contributed by atoms with Crippen molar-refractivity contribution in [3.63, 3.8) is 0 Å². The first-order chi connectivity index (χ1) is 15.7. The molecule has 2 heterocycles. The van der Waals surface area contributed by atoms with Crippen LogP contribution in [0.1, 0.15) is 71.0 Å². The summed E-state index contributed by atoms with van der Waals surface area (Å²) in [5.41, 5.74) is -1.23. The van der Waals surface area contributed by atoms with E-state index >= 15 is 0 Å². The van der Waals surface area contributed by atoms with E-state index in [9.17, 15) is 14.4 Å². The molecule has 2 aliphatic carbocycles. The third-order valence-corrected chi connectivity index (χ3v) is 8.98. The van der Waals surface area contributed by atoms with Gasteiger partial charge in [0.15, 0.2) is 0 Å². The SMILES string of the molecule is CCC[C@]1(COC)C[C@@H](C(=O)OC)[C@]2(C)CC[C@@H]3C(=O)O[C@H](c4ccoc4)C[C@]3(C)[C@H]2C1=O. The van der Waals surface area contributed by atoms with Gasteiger partial charge in [-0.15, -0.1) is 0 Å². The van der Waals surface area contributed by atoms with Gasteiger partial charge in [0.2, 0.25) is 0 Å². The highest BCUT2D eigenvalue weighted by Crippen LogP contribution is 2.67. The van der Waals surface area contributed by atoms with Gasteiger partial charge < -0.3 is 18.6 Å². The smallest absolute Gasteiger partial charge is 0.310 e. The van der Waals surface area contributed by atoms with E-state index in [4.69, 9.17) is 18.6 Å². The number of methoxy groups -OCH3 is 2. The molecule has 182 valence electrons. The van der Waals surface area contributed by atoms with Crippen molar-refractivity contribution in [2.75, 3.05) is 20.8 Å². The molecule has 0 radical (unpaired) electrons. The number of fused-ring (bicyclic) bond motifs is 3. The number of esters is 2. The second kappa shape index (κ2) is 8.57. The summed E-state index contributed by atoms with van der Waals surface area (Å²) in [5.74, 6) is -1.72. The van der Waals surface area contributed by atoms with Crippen LogP contribution in [0.15, 0.2) is 23.0 Å². The Morgan fingerprint density at radius 2 is 1.94 bits per heavy atom. The molecule has 1 aromatic heterocycles. The topological polar surface area (TPSA) is 92.0 Å². The van der Waals surface area contributed by atoms with Crippen LogP contribution in [0.2, 0.25) is 0 Å². The van der Waals surface area contributed by atoms with Crippen molar-refractivity contribution in [1.82, 2.24) is 0 Å². The lowest BCUT2D eigenvalue weighted by Gasteiger charge is -2.63. The molecule has 2 saturated carbocycles. The molecule has 1 aliphatic heterocycles. The van der Waals surface area contributed by atoms with Crippen LogP contribution >= 0.6 is 0 Å². The highest BCUT2D eigenvalue weighted by molar-refractivity contribution is 5.93. The zero-order valence-corrected chi connectivity index (χ0v) is 20.3. The minimum atomic E-state index is -0.774. The fraction of sp³-hybridized carbons (Fsp3) is 0.731. The molecule has 7 heteroatoms. The van der Waals surface area contributed by atoms with Gasteiger partial charge in [0.25, 0.3) is 0 Å². The molecular formula is C26H36O7. The van der Waals surface area contributed by atoms with Crippen molar-refractivity contribution >= 4 is 17.7 Å². The summed E-state index contributed by atoms with van der Waals surface area (Å²) in [6.45, 7) is 6.41. The summed E-state index contributed by atoms with van der Waals surface area (Å²) in [5, 5.41) is 0. The molecule has 0 amide bonds. The maximum absolute atomic E-state index is 14.5. The Kier molecular flexibility index (Phi) is 6.23. The molecule has 7 nitrogen and oxygen atoms in total. The normalized spacial score (nSPS) is 40.5. The Bertz CT molecular complexity index is 900. The van der Waals surface area contributed by atoms with Crippen molar-refractivity contribution < 1.29 is 33.0 Å². The molecule has 3 fully saturated rings. The predicted molar refractivity (Wildman–Crippen MR) is 119 cm³/mol. The highest BCUT2D eigenvalue weighted by Gasteiger charge is 2.69. The van der Waals surface area contributed by atoms with Crippen molar-refractivity contribution in [2.24, 2.45) is 34.0 Å². The third-order valence-electron chi connectivity index (χ3n) is 8.98. The van der Waals surface area contributed by atoms with E-state index in [-0.39, 0.29) is 30.2 Å². The van der Waals surface area contributed by atoms with Crippen LogP contribution in [0.3, 0.4) is 0 Å². The molecule has 0 spiro atoms. The van der Waals surface area contributed by atoms with Gasteiger partial charge in [-0.2, -0.15) is 0 Å². The number of carbonyl (C=O) groups is 3. The molecule has 33 heavy (non-hydrogen) atoms. The van der Waals surface area contributed by atoms with Gasteiger partial charge in [0, 0.05) is 18.6 Å². The van der Waals surface area contributed by atoms with Crippen molar-refractivity contribution in [2.45, 2.75) is 65.4 Å². The summed E-state index contributed by atoms with van der Waals surface area (Å²) in [7, 11) is 3.01. The van der Waals surface area contributed by atoms with Crippen LogP contribution in [0.5, 0.6) is 0 Å². The minimum absolute atomic E-state index is 0.127. The molecule has 3 aliphatic rings. The maximum Gasteiger partial charge on any atom is 0.310 e. The second-order valence-corrected chi connectivity index (χ2v) is 10.8. The van der Waals surface area contributed by atoms with Gasteiger partial charge >= 0.3 is 11.9 Å². The minimum Gasteiger partial charge on any atom is -0.472 e. The van der Waals surface area contributed by atoms with Crippen LogP contribution in [-0.2, 0) is 28.6 Å². The van der Waals surface area contributed by atoms with E-state index in [1.165, 1.54) is 7.11 Å². The van der Waals surface area contributed by atoms with Gasteiger partial charge in [0.05, 0.1) is 43.5 Å². The van der Waals surface area contributed by atoms with E-state index in [1.807, 2.05) is 20.8 Å². The molecule has 0 unspecified atom stereocenters. The number of ketones is 1. The number of Topliss-reactive ketones (excluding diaryl/α,β-unsaturated/α-hetero) is 1. The average molecular weight is 461 g/mol. The molecular weight excluding hydrogens is 424 g/mol. The highest BCUT2D eigenvalue weighted by atomic mass is 16.5. The summed E-state index contributed by atoms with van der Waals surface area (Å²) in [6.07, 6.45) is 6.23. The first kappa shape index (κ1) is 24.0. The van der Waals surface area contributed by atoms with E-state index in [1.54, 1.807) is 25.7 Å². The van der Waals surface area contributed by atoms with Crippen molar-refractivity contribution in [3.05, 3.63) is 24.2 Å². The van der Waals surface area contributed by atoms with Crippen LogP contribution in [-0.4, -0.2) is 38.5 Å².